The number of phenols is 7. The molecule has 0 unspecified atom stereocenters. The van der Waals surface area contributed by atoms with Crippen LogP contribution in [-0.2, 0) is 4.89 Å². The highest BCUT2D eigenvalue weighted by molar-refractivity contribution is 5.95. The van der Waals surface area contributed by atoms with Gasteiger partial charge in [0.25, 0.3) is 0 Å². The van der Waals surface area contributed by atoms with Gasteiger partial charge in [0.2, 0.25) is 17.2 Å². The van der Waals surface area contributed by atoms with Crippen molar-refractivity contribution < 1.29 is 69.7 Å². The van der Waals surface area contributed by atoms with Crippen LogP contribution in [0.2, 0.25) is 0 Å². The largest absolute Gasteiger partial charge is 0.504 e. The van der Waals surface area contributed by atoms with Gasteiger partial charge in [0.15, 0.2) is 34.5 Å². The average molecular weight is 490 g/mol. The van der Waals surface area contributed by atoms with Crippen LogP contribution in [0.15, 0.2) is 36.4 Å². The Balaban J connectivity index is 1.83. The monoisotopic (exact) mass is 490 g/mol. The lowest BCUT2D eigenvalue weighted by Gasteiger charge is -2.11. The highest BCUT2D eigenvalue weighted by atomic mass is 17.2. The number of benzene rings is 3. The van der Waals surface area contributed by atoms with Crippen molar-refractivity contribution in [3.05, 3.63) is 53.1 Å². The first-order valence-corrected chi connectivity index (χ1v) is 9.10. The molecule has 0 spiro atoms. The van der Waals surface area contributed by atoms with E-state index in [1.54, 1.807) is 0 Å². The molecule has 182 valence electrons. The first-order valence-electron chi connectivity index (χ1n) is 9.10. The molecule has 0 aromatic heterocycles. The van der Waals surface area contributed by atoms with Gasteiger partial charge in [-0.05, 0) is 30.3 Å². The summed E-state index contributed by atoms with van der Waals surface area (Å²) < 4.78 is 4.85. The molecule has 0 saturated carbocycles. The molecule has 0 radical (unpaired) electrons. The molecule has 0 atom stereocenters. The number of carboxylic acids is 1. The van der Waals surface area contributed by atoms with Gasteiger partial charge in [0.05, 0.1) is 16.7 Å². The minimum absolute atomic E-state index is 0.485. The maximum absolute atomic E-state index is 12.3. The van der Waals surface area contributed by atoms with Gasteiger partial charge in [-0.15, -0.1) is 0 Å². The Labute approximate surface area is 193 Å². The van der Waals surface area contributed by atoms with Crippen LogP contribution in [0.5, 0.6) is 51.7 Å². The van der Waals surface area contributed by atoms with Crippen molar-refractivity contribution in [3.8, 4) is 51.7 Å². The fourth-order valence-electron chi connectivity index (χ4n) is 2.58. The molecule has 0 aliphatic rings. The highest BCUT2D eigenvalue weighted by Gasteiger charge is 2.23. The Bertz CT molecular complexity index is 1340. The molecule has 0 fully saturated rings. The van der Waals surface area contributed by atoms with Crippen LogP contribution in [-0.4, -0.2) is 58.8 Å². The average Bonchev–Trinajstić information content (AvgIpc) is 2.80. The van der Waals surface area contributed by atoms with E-state index in [0.717, 1.165) is 24.3 Å². The predicted octanol–water partition coefficient (Wildman–Crippen LogP) is 1.69. The smallest absolute Gasteiger partial charge is 0.386 e. The standard InChI is InChI=1S/C21H14O14/c22-10-2-8(3-11(23)16(10)26)20(31)33-14-6-9(4-13(25)17(14)27)21(32)35-34-15-5-7(19(29)30)1-12(24)18(15)28/h1-6,22-28H,(H,29,30). The normalized spacial score (nSPS) is 10.4. The van der Waals surface area contributed by atoms with E-state index < -0.39 is 86.3 Å². The SMILES string of the molecule is O=C(O)c1cc(O)c(O)c(OOC(=O)c2cc(O)c(O)c(OC(=O)c3cc(O)c(O)c(O)c3)c2)c1. The molecule has 0 bridgehead atoms. The molecule has 3 rings (SSSR count). The van der Waals surface area contributed by atoms with Gasteiger partial charge < -0.3 is 45.6 Å². The van der Waals surface area contributed by atoms with Gasteiger partial charge in [0.1, 0.15) is 0 Å². The van der Waals surface area contributed by atoms with Gasteiger partial charge in [-0.2, -0.15) is 0 Å². The summed E-state index contributed by atoms with van der Waals surface area (Å²) in [5, 5.41) is 76.4. The van der Waals surface area contributed by atoms with Gasteiger partial charge in [-0.3, -0.25) is 4.89 Å². The number of aromatic carboxylic acids is 1. The van der Waals surface area contributed by atoms with Crippen LogP contribution in [0.1, 0.15) is 31.1 Å². The second kappa shape index (κ2) is 9.14. The first kappa shape index (κ1) is 24.1. The van der Waals surface area contributed by atoms with Crippen molar-refractivity contribution in [2.75, 3.05) is 0 Å². The molecular formula is C21H14O14. The second-order valence-corrected chi connectivity index (χ2v) is 6.70. The van der Waals surface area contributed by atoms with Crippen LogP contribution in [0.3, 0.4) is 0 Å². The highest BCUT2D eigenvalue weighted by Crippen LogP contribution is 2.40. The molecule has 0 aliphatic heterocycles. The van der Waals surface area contributed by atoms with E-state index in [0.29, 0.717) is 12.1 Å². The molecular weight excluding hydrogens is 476 g/mol. The Kier molecular flexibility index (Phi) is 6.30. The number of aromatic hydroxyl groups is 7. The summed E-state index contributed by atoms with van der Waals surface area (Å²) >= 11 is 0. The van der Waals surface area contributed by atoms with Gasteiger partial charge in [0, 0.05) is 6.07 Å². The number of phenolic OH excluding ortho intramolecular Hbond substituents is 7. The van der Waals surface area contributed by atoms with Crippen molar-refractivity contribution >= 4 is 17.9 Å². The van der Waals surface area contributed by atoms with E-state index in [4.69, 9.17) is 9.84 Å². The molecule has 0 amide bonds. The van der Waals surface area contributed by atoms with Crippen LogP contribution < -0.4 is 9.62 Å². The number of hydrogen-bond donors (Lipinski definition) is 8. The van der Waals surface area contributed by atoms with Crippen molar-refractivity contribution in [1.29, 1.82) is 0 Å². The van der Waals surface area contributed by atoms with Crippen LogP contribution >= 0.6 is 0 Å². The van der Waals surface area contributed by atoms with E-state index in [-0.39, 0.29) is 0 Å². The van der Waals surface area contributed by atoms with E-state index in [9.17, 15) is 50.1 Å². The fraction of sp³-hybridized carbons (Fsp3) is 0. The minimum atomic E-state index is -1.50. The second-order valence-electron chi connectivity index (χ2n) is 6.70. The quantitative estimate of drug-likeness (QED) is 0.0806. The van der Waals surface area contributed by atoms with E-state index in [2.05, 4.69) is 9.78 Å². The third-order valence-corrected chi connectivity index (χ3v) is 4.31. The van der Waals surface area contributed by atoms with E-state index in [1.807, 2.05) is 0 Å². The Morgan fingerprint density at radius 1 is 0.543 bits per heavy atom. The van der Waals surface area contributed by atoms with Gasteiger partial charge in [-0.25, -0.2) is 19.3 Å². The summed E-state index contributed by atoms with van der Waals surface area (Å²) in [5.74, 6) is -12.1. The summed E-state index contributed by atoms with van der Waals surface area (Å²) in [6.45, 7) is 0. The van der Waals surface area contributed by atoms with Crippen LogP contribution in [0, 0.1) is 0 Å². The summed E-state index contributed by atoms with van der Waals surface area (Å²) in [4.78, 5) is 44.6. The number of carboxylic acid groups (broad SMARTS) is 1. The molecule has 0 saturated heterocycles. The van der Waals surface area contributed by atoms with Crippen molar-refractivity contribution in [2.45, 2.75) is 0 Å². The number of hydrogen-bond acceptors (Lipinski definition) is 13. The summed E-state index contributed by atoms with van der Waals surface area (Å²) in [5.41, 5.74) is -1.58. The molecule has 3 aromatic rings. The summed E-state index contributed by atoms with van der Waals surface area (Å²) in [7, 11) is 0. The molecule has 8 N–H and O–H groups in total. The lowest BCUT2D eigenvalue weighted by Crippen LogP contribution is -2.11. The number of rotatable bonds is 6. The number of carbonyl (C=O) groups is 3. The number of ether oxygens (including phenoxy) is 1. The minimum Gasteiger partial charge on any atom is -0.504 e. The maximum atomic E-state index is 12.3. The molecule has 0 heterocycles. The van der Waals surface area contributed by atoms with Crippen molar-refractivity contribution in [3.63, 3.8) is 0 Å². The van der Waals surface area contributed by atoms with Crippen LogP contribution in [0.4, 0.5) is 0 Å². The predicted molar refractivity (Wildman–Crippen MR) is 109 cm³/mol. The zero-order valence-corrected chi connectivity index (χ0v) is 17.0. The lowest BCUT2D eigenvalue weighted by molar-refractivity contribution is -0.150. The van der Waals surface area contributed by atoms with Crippen molar-refractivity contribution in [2.24, 2.45) is 0 Å². The Morgan fingerprint density at radius 3 is 1.51 bits per heavy atom. The third kappa shape index (κ3) is 4.95. The number of esters is 1. The zero-order valence-electron chi connectivity index (χ0n) is 17.0. The first-order chi connectivity index (χ1) is 16.4. The lowest BCUT2D eigenvalue weighted by atomic mass is 10.1. The van der Waals surface area contributed by atoms with Gasteiger partial charge in [-0.1, -0.05) is 0 Å². The molecule has 14 nitrogen and oxygen atoms in total. The fourth-order valence-corrected chi connectivity index (χ4v) is 2.58. The third-order valence-electron chi connectivity index (χ3n) is 4.31. The summed E-state index contributed by atoms with van der Waals surface area (Å²) in [6.07, 6.45) is 0. The van der Waals surface area contributed by atoms with E-state index >= 15 is 0 Å². The molecule has 3 aromatic carbocycles. The molecule has 0 aliphatic carbocycles. The van der Waals surface area contributed by atoms with E-state index in [1.165, 1.54) is 0 Å². The molecule has 35 heavy (non-hydrogen) atoms. The summed E-state index contributed by atoms with van der Waals surface area (Å²) in [6, 6.07) is 4.30. The number of carbonyl (C=O) groups excluding carboxylic acids is 2. The van der Waals surface area contributed by atoms with Gasteiger partial charge >= 0.3 is 17.9 Å². The topological polar surface area (TPSA) is 241 Å². The maximum Gasteiger partial charge on any atom is 0.386 e. The van der Waals surface area contributed by atoms with Crippen molar-refractivity contribution in [1.82, 2.24) is 0 Å². The molecule has 14 heteroatoms. The Hall–Kier alpha value is -5.53. The zero-order chi connectivity index (χ0) is 26.0. The van der Waals surface area contributed by atoms with Crippen LogP contribution in [0.25, 0.3) is 0 Å². The Morgan fingerprint density at radius 2 is 0.971 bits per heavy atom.